The van der Waals surface area contributed by atoms with E-state index < -0.39 is 0 Å². The van der Waals surface area contributed by atoms with Gasteiger partial charge in [0.25, 0.3) is 0 Å². The monoisotopic (exact) mass is 428 g/mol. The van der Waals surface area contributed by atoms with Crippen molar-refractivity contribution < 1.29 is 9.64 Å². The molecule has 166 valence electrons. The fourth-order valence-corrected chi connectivity index (χ4v) is 8.04. The Morgan fingerprint density at radius 3 is 2.97 bits per heavy atom. The van der Waals surface area contributed by atoms with E-state index >= 15 is 0 Å². The van der Waals surface area contributed by atoms with Crippen LogP contribution in [0.4, 0.5) is 0 Å². The van der Waals surface area contributed by atoms with Gasteiger partial charge in [0.15, 0.2) is 0 Å². The van der Waals surface area contributed by atoms with Crippen molar-refractivity contribution in [3.05, 3.63) is 59.3 Å². The molecule has 1 saturated carbocycles. The number of H-pyrrole nitrogens is 1. The van der Waals surface area contributed by atoms with Gasteiger partial charge in [-0.15, -0.1) is 0 Å². The smallest absolute Gasteiger partial charge is 0.0980 e. The molecule has 2 fully saturated rings. The lowest BCUT2D eigenvalue weighted by Gasteiger charge is -2.54. The number of aromatic nitrogens is 2. The Morgan fingerprint density at radius 1 is 1.19 bits per heavy atom. The van der Waals surface area contributed by atoms with Crippen molar-refractivity contribution >= 4 is 16.5 Å². The predicted molar refractivity (Wildman–Crippen MR) is 127 cm³/mol. The molecule has 5 aliphatic rings. The maximum Gasteiger partial charge on any atom is 0.0980 e. The average molecular weight is 429 g/mol. The molecular formula is C28H34N3O+. The zero-order valence-electron chi connectivity index (χ0n) is 19.5. The van der Waals surface area contributed by atoms with Crippen molar-refractivity contribution in [3.63, 3.8) is 0 Å². The van der Waals surface area contributed by atoms with Crippen LogP contribution < -0.4 is 4.90 Å². The lowest BCUT2D eigenvalue weighted by atomic mass is 9.58. The van der Waals surface area contributed by atoms with Crippen molar-refractivity contribution in [2.24, 2.45) is 11.3 Å². The Labute approximate surface area is 190 Å². The molecule has 2 bridgehead atoms. The van der Waals surface area contributed by atoms with Gasteiger partial charge in [0.1, 0.15) is 0 Å². The molecule has 0 amide bonds. The van der Waals surface area contributed by atoms with Crippen molar-refractivity contribution in [2.45, 2.75) is 69.1 Å². The number of nitrogens with zero attached hydrogens (tertiary/aromatic N) is 1. The molecule has 5 unspecified atom stereocenters. The summed E-state index contributed by atoms with van der Waals surface area (Å²) in [6, 6.07) is 7.48. The summed E-state index contributed by atoms with van der Waals surface area (Å²) in [6.45, 7) is 2.50. The zero-order chi connectivity index (χ0) is 21.7. The number of benzene rings is 1. The van der Waals surface area contributed by atoms with Crippen molar-refractivity contribution in [1.82, 2.24) is 10.2 Å². The van der Waals surface area contributed by atoms with E-state index in [0.29, 0.717) is 12.0 Å². The second kappa shape index (κ2) is 6.24. The highest BCUT2D eigenvalue weighted by molar-refractivity contribution is 5.85. The first-order chi connectivity index (χ1) is 15.4. The molecule has 4 nitrogen and oxygen atoms in total. The number of aromatic amines is 1. The Hall–Kier alpha value is -2.17. The van der Waals surface area contributed by atoms with Gasteiger partial charge in [0.05, 0.1) is 43.1 Å². The summed E-state index contributed by atoms with van der Waals surface area (Å²) in [5.74, 6) is 0.523. The van der Waals surface area contributed by atoms with E-state index in [1.807, 2.05) is 6.20 Å². The van der Waals surface area contributed by atoms with Crippen LogP contribution in [0.25, 0.3) is 16.5 Å². The fraction of sp³-hybridized carbons (Fsp3) is 0.536. The number of ether oxygens (including phenoxy) is 1. The van der Waals surface area contributed by atoms with E-state index in [1.165, 1.54) is 54.2 Å². The number of fused-ring (bicyclic) bond motifs is 2. The van der Waals surface area contributed by atoms with E-state index in [0.717, 1.165) is 18.4 Å². The summed E-state index contributed by atoms with van der Waals surface area (Å²) < 4.78 is 7.38. The molecule has 4 heteroatoms. The topological polar surface area (TPSA) is 42.4 Å². The average Bonchev–Trinajstić information content (AvgIpc) is 3.47. The lowest BCUT2D eigenvalue weighted by Crippen LogP contribution is -3.10. The van der Waals surface area contributed by atoms with Crippen LogP contribution in [0.5, 0.6) is 0 Å². The third kappa shape index (κ3) is 2.32. The standard InChI is InChI=1S/C28H33N3O/c1-26-11-10-21-15-20-5-6-22(31(2)3)16-27(20)12-13-28(21,32-27)25(26)9-7-23(26)18-4-8-24-19(14-18)17-29-30-24/h4,7-8,10,14-15,17,22,25H,5-6,9,11-13,16H2,1-3H3,(H,29,30)/p+1. The largest absolute Gasteiger partial charge is 0.359 e. The molecule has 0 radical (unpaired) electrons. The quantitative estimate of drug-likeness (QED) is 0.752. The molecule has 5 atom stereocenters. The molecule has 32 heavy (non-hydrogen) atoms. The second-order valence-electron chi connectivity index (χ2n) is 11.5. The SMILES string of the molecule is C[NH+](C)C1CCC2=CC3=CCC4(C)C(c5ccc6[nH]ncc6c5)=CCC4C34CCC2(C1)O4. The van der Waals surface area contributed by atoms with Gasteiger partial charge in [-0.05, 0) is 66.5 Å². The minimum atomic E-state index is -0.0992. The fourth-order valence-electron chi connectivity index (χ4n) is 8.04. The normalized spacial score (nSPS) is 39.9. The van der Waals surface area contributed by atoms with E-state index in [2.05, 4.69) is 67.6 Å². The van der Waals surface area contributed by atoms with Gasteiger partial charge in [-0.3, -0.25) is 5.10 Å². The minimum absolute atomic E-state index is 0.00572. The highest BCUT2D eigenvalue weighted by Crippen LogP contribution is 2.67. The van der Waals surface area contributed by atoms with Crippen molar-refractivity contribution in [2.75, 3.05) is 14.1 Å². The predicted octanol–water partition coefficient (Wildman–Crippen LogP) is 4.23. The molecule has 2 aliphatic heterocycles. The van der Waals surface area contributed by atoms with Gasteiger partial charge in [0, 0.05) is 29.6 Å². The van der Waals surface area contributed by atoms with E-state index in [4.69, 9.17) is 4.74 Å². The first-order valence-electron chi connectivity index (χ1n) is 12.5. The Balaban J connectivity index is 1.29. The van der Waals surface area contributed by atoms with Gasteiger partial charge >= 0.3 is 0 Å². The lowest BCUT2D eigenvalue weighted by molar-refractivity contribution is -0.887. The number of rotatable bonds is 2. The number of allylic oxidation sites excluding steroid dienone is 3. The first-order valence-corrected chi connectivity index (χ1v) is 12.5. The van der Waals surface area contributed by atoms with Crippen LogP contribution in [0.1, 0.15) is 57.4 Å². The summed E-state index contributed by atoms with van der Waals surface area (Å²) in [5.41, 5.74) is 7.08. The summed E-state index contributed by atoms with van der Waals surface area (Å²) in [4.78, 5) is 1.58. The summed E-state index contributed by atoms with van der Waals surface area (Å²) in [6.07, 6.45) is 17.9. The van der Waals surface area contributed by atoms with Crippen molar-refractivity contribution in [1.29, 1.82) is 0 Å². The third-order valence-corrected chi connectivity index (χ3v) is 9.84. The molecule has 2 spiro atoms. The second-order valence-corrected chi connectivity index (χ2v) is 11.5. The van der Waals surface area contributed by atoms with Crippen LogP contribution in [0.3, 0.4) is 0 Å². The summed E-state index contributed by atoms with van der Waals surface area (Å²) in [7, 11) is 4.63. The third-order valence-electron chi connectivity index (χ3n) is 9.84. The molecule has 1 aromatic carbocycles. The van der Waals surface area contributed by atoms with Crippen LogP contribution in [-0.4, -0.2) is 41.5 Å². The van der Waals surface area contributed by atoms with Crippen LogP contribution in [0, 0.1) is 11.3 Å². The van der Waals surface area contributed by atoms with E-state index in [1.54, 1.807) is 10.5 Å². The van der Waals surface area contributed by atoms with Gasteiger partial charge < -0.3 is 9.64 Å². The van der Waals surface area contributed by atoms with Gasteiger partial charge in [0.2, 0.25) is 0 Å². The van der Waals surface area contributed by atoms with Crippen LogP contribution >= 0.6 is 0 Å². The minimum Gasteiger partial charge on any atom is -0.359 e. The van der Waals surface area contributed by atoms with Crippen LogP contribution in [0.2, 0.25) is 0 Å². The number of nitrogens with one attached hydrogen (secondary N) is 2. The number of quaternary nitrogens is 1. The maximum atomic E-state index is 7.38. The molecule has 7 rings (SSSR count). The van der Waals surface area contributed by atoms with Gasteiger partial charge in [-0.1, -0.05) is 31.2 Å². The Kier molecular flexibility index (Phi) is 3.76. The molecule has 3 aliphatic carbocycles. The molecule has 1 saturated heterocycles. The maximum absolute atomic E-state index is 7.38. The van der Waals surface area contributed by atoms with E-state index in [-0.39, 0.29) is 16.6 Å². The van der Waals surface area contributed by atoms with Crippen LogP contribution in [-0.2, 0) is 4.74 Å². The molecule has 1 aromatic heterocycles. The number of hydrogen-bond acceptors (Lipinski definition) is 2. The van der Waals surface area contributed by atoms with Gasteiger partial charge in [-0.25, -0.2) is 0 Å². The van der Waals surface area contributed by atoms with E-state index in [9.17, 15) is 0 Å². The zero-order valence-corrected chi connectivity index (χ0v) is 19.5. The van der Waals surface area contributed by atoms with Gasteiger partial charge in [-0.2, -0.15) is 5.10 Å². The first kappa shape index (κ1) is 19.3. The number of hydrogen-bond donors (Lipinski definition) is 2. The Morgan fingerprint density at radius 2 is 2.09 bits per heavy atom. The molecule has 2 aromatic rings. The highest BCUT2D eigenvalue weighted by Gasteiger charge is 2.65. The highest BCUT2D eigenvalue weighted by atomic mass is 16.5. The molecule has 3 heterocycles. The Bertz CT molecular complexity index is 1220. The molecular weight excluding hydrogens is 394 g/mol. The summed E-state index contributed by atoms with van der Waals surface area (Å²) >= 11 is 0. The van der Waals surface area contributed by atoms with Crippen molar-refractivity contribution in [3.8, 4) is 0 Å². The van der Waals surface area contributed by atoms with Crippen LogP contribution in [0.15, 0.2) is 53.8 Å². The molecule has 2 N–H and O–H groups in total. The summed E-state index contributed by atoms with van der Waals surface area (Å²) in [5, 5.41) is 8.51.